The van der Waals surface area contributed by atoms with Crippen molar-refractivity contribution >= 4 is 35.1 Å². The molecule has 1 saturated heterocycles. The monoisotopic (exact) mass is 434 g/mol. The summed E-state index contributed by atoms with van der Waals surface area (Å²) < 4.78 is 5.84. The van der Waals surface area contributed by atoms with Crippen LogP contribution in [0.5, 0.6) is 5.75 Å². The molecule has 0 bridgehead atoms. The van der Waals surface area contributed by atoms with Crippen LogP contribution in [0.4, 0.5) is 11.5 Å². The number of carbonyl (C=O) groups is 2. The molecule has 1 fully saturated rings. The SMILES string of the molecule is CSc1ccc(N2CC(C(=O)Nc3ncccc3OCc3ccncc3)CC2=O)cc1. The van der Waals surface area contributed by atoms with Gasteiger partial charge < -0.3 is 15.0 Å². The van der Waals surface area contributed by atoms with E-state index in [2.05, 4.69) is 15.3 Å². The minimum absolute atomic E-state index is 0.0627. The number of ether oxygens (including phenoxy) is 1. The lowest BCUT2D eigenvalue weighted by Gasteiger charge is -2.17. The molecule has 1 aromatic carbocycles. The fourth-order valence-corrected chi connectivity index (χ4v) is 3.76. The largest absolute Gasteiger partial charge is 0.485 e. The number of anilines is 2. The van der Waals surface area contributed by atoms with E-state index in [-0.39, 0.29) is 18.2 Å². The highest BCUT2D eigenvalue weighted by Crippen LogP contribution is 2.29. The van der Waals surface area contributed by atoms with Crippen LogP contribution >= 0.6 is 11.8 Å². The zero-order valence-corrected chi connectivity index (χ0v) is 17.8. The summed E-state index contributed by atoms with van der Waals surface area (Å²) in [5.74, 6) is 0.0531. The van der Waals surface area contributed by atoms with Crippen molar-refractivity contribution in [2.24, 2.45) is 5.92 Å². The molecule has 158 valence electrons. The molecular formula is C23H22N4O3S. The van der Waals surface area contributed by atoms with Gasteiger partial charge >= 0.3 is 0 Å². The molecule has 0 aliphatic carbocycles. The number of rotatable bonds is 7. The van der Waals surface area contributed by atoms with Crippen LogP contribution in [0, 0.1) is 5.92 Å². The van der Waals surface area contributed by atoms with Crippen molar-refractivity contribution in [3.8, 4) is 5.75 Å². The van der Waals surface area contributed by atoms with Crippen LogP contribution in [-0.4, -0.2) is 34.6 Å². The summed E-state index contributed by atoms with van der Waals surface area (Å²) in [6.07, 6.45) is 7.15. The molecule has 8 heteroatoms. The number of amides is 2. The molecule has 0 radical (unpaired) electrons. The average Bonchev–Trinajstić information content (AvgIpc) is 3.21. The fourth-order valence-electron chi connectivity index (χ4n) is 3.35. The molecule has 2 aromatic heterocycles. The number of aromatic nitrogens is 2. The molecule has 31 heavy (non-hydrogen) atoms. The molecule has 0 saturated carbocycles. The standard InChI is InChI=1S/C23H22N4O3S/c1-31-19-6-4-18(5-7-19)27-14-17(13-21(27)28)23(29)26-22-20(3-2-10-25-22)30-15-16-8-11-24-12-9-16/h2-12,17H,13-15H2,1H3,(H,25,26,29). The second kappa shape index (κ2) is 9.61. The van der Waals surface area contributed by atoms with E-state index < -0.39 is 5.92 Å². The van der Waals surface area contributed by atoms with Gasteiger partial charge in [-0.2, -0.15) is 0 Å². The topological polar surface area (TPSA) is 84.4 Å². The molecule has 1 aliphatic rings. The maximum atomic E-state index is 12.9. The van der Waals surface area contributed by atoms with E-state index in [0.717, 1.165) is 16.1 Å². The van der Waals surface area contributed by atoms with E-state index in [1.54, 1.807) is 47.4 Å². The van der Waals surface area contributed by atoms with Crippen LogP contribution in [0.3, 0.4) is 0 Å². The summed E-state index contributed by atoms with van der Waals surface area (Å²) in [7, 11) is 0. The molecule has 1 aliphatic heterocycles. The highest BCUT2D eigenvalue weighted by Gasteiger charge is 2.35. The predicted molar refractivity (Wildman–Crippen MR) is 120 cm³/mol. The number of pyridine rings is 2. The molecule has 1 N–H and O–H groups in total. The van der Waals surface area contributed by atoms with Gasteiger partial charge in [0.15, 0.2) is 11.6 Å². The van der Waals surface area contributed by atoms with Crippen molar-refractivity contribution in [1.29, 1.82) is 0 Å². The second-order valence-electron chi connectivity index (χ2n) is 7.09. The van der Waals surface area contributed by atoms with Crippen LogP contribution in [0.25, 0.3) is 0 Å². The second-order valence-corrected chi connectivity index (χ2v) is 7.97. The summed E-state index contributed by atoms with van der Waals surface area (Å²) >= 11 is 1.64. The summed E-state index contributed by atoms with van der Waals surface area (Å²) in [6.45, 7) is 0.669. The smallest absolute Gasteiger partial charge is 0.231 e. The number of nitrogens with zero attached hydrogens (tertiary/aromatic N) is 3. The van der Waals surface area contributed by atoms with E-state index in [4.69, 9.17) is 4.74 Å². The number of nitrogens with one attached hydrogen (secondary N) is 1. The molecule has 3 aromatic rings. The highest BCUT2D eigenvalue weighted by molar-refractivity contribution is 7.98. The lowest BCUT2D eigenvalue weighted by Crippen LogP contribution is -2.28. The van der Waals surface area contributed by atoms with E-state index in [9.17, 15) is 9.59 Å². The Kier molecular flexibility index (Phi) is 6.47. The Hall–Kier alpha value is -3.39. The summed E-state index contributed by atoms with van der Waals surface area (Å²) in [4.78, 5) is 36.4. The van der Waals surface area contributed by atoms with Gasteiger partial charge in [-0.15, -0.1) is 11.8 Å². The van der Waals surface area contributed by atoms with E-state index in [1.807, 2.05) is 42.7 Å². The van der Waals surface area contributed by atoms with Crippen molar-refractivity contribution in [3.63, 3.8) is 0 Å². The number of carbonyl (C=O) groups excluding carboxylic acids is 2. The van der Waals surface area contributed by atoms with Gasteiger partial charge in [0.1, 0.15) is 6.61 Å². The van der Waals surface area contributed by atoms with Crippen LogP contribution in [0.2, 0.25) is 0 Å². The Bertz CT molecular complexity index is 1060. The number of benzene rings is 1. The van der Waals surface area contributed by atoms with Crippen LogP contribution in [0.15, 0.2) is 72.0 Å². The maximum absolute atomic E-state index is 12.9. The predicted octanol–water partition coefficient (Wildman–Crippen LogP) is 3.77. The van der Waals surface area contributed by atoms with Crippen molar-refractivity contribution in [2.75, 3.05) is 23.0 Å². The molecule has 1 unspecified atom stereocenters. The van der Waals surface area contributed by atoms with Crippen LogP contribution < -0.4 is 15.0 Å². The Morgan fingerprint density at radius 2 is 1.94 bits per heavy atom. The van der Waals surface area contributed by atoms with E-state index >= 15 is 0 Å². The zero-order chi connectivity index (χ0) is 21.6. The average molecular weight is 435 g/mol. The molecule has 0 spiro atoms. The summed E-state index contributed by atoms with van der Waals surface area (Å²) in [5, 5.41) is 2.83. The molecule has 4 rings (SSSR count). The quantitative estimate of drug-likeness (QED) is 0.570. The molecule has 2 amide bonds. The number of hydrogen-bond acceptors (Lipinski definition) is 6. The van der Waals surface area contributed by atoms with Gasteiger partial charge in [-0.05, 0) is 60.4 Å². The molecule has 7 nitrogen and oxygen atoms in total. The van der Waals surface area contributed by atoms with E-state index in [1.165, 1.54) is 0 Å². The van der Waals surface area contributed by atoms with Crippen molar-refractivity contribution in [3.05, 3.63) is 72.7 Å². The maximum Gasteiger partial charge on any atom is 0.231 e. The van der Waals surface area contributed by atoms with Gasteiger partial charge in [-0.25, -0.2) is 4.98 Å². The number of thioether (sulfide) groups is 1. The Morgan fingerprint density at radius 3 is 2.68 bits per heavy atom. The van der Waals surface area contributed by atoms with Gasteiger partial charge in [-0.3, -0.25) is 14.6 Å². The molecule has 1 atom stereocenters. The number of hydrogen-bond donors (Lipinski definition) is 1. The van der Waals surface area contributed by atoms with Gasteiger partial charge in [0.05, 0.1) is 5.92 Å². The first-order valence-corrected chi connectivity index (χ1v) is 11.1. The van der Waals surface area contributed by atoms with Gasteiger partial charge in [-0.1, -0.05) is 0 Å². The lowest BCUT2D eigenvalue weighted by atomic mass is 10.1. The molecular weight excluding hydrogens is 412 g/mol. The van der Waals surface area contributed by atoms with Crippen molar-refractivity contribution < 1.29 is 14.3 Å². The first kappa shape index (κ1) is 20.9. The Morgan fingerprint density at radius 1 is 1.16 bits per heavy atom. The minimum Gasteiger partial charge on any atom is -0.485 e. The third kappa shape index (κ3) is 5.03. The molecule has 3 heterocycles. The third-order valence-corrected chi connectivity index (χ3v) is 5.78. The lowest BCUT2D eigenvalue weighted by molar-refractivity contribution is -0.122. The summed E-state index contributed by atoms with van der Waals surface area (Å²) in [5.41, 5.74) is 1.76. The normalized spacial score (nSPS) is 15.7. The first-order chi connectivity index (χ1) is 15.1. The van der Waals surface area contributed by atoms with Crippen LogP contribution in [0.1, 0.15) is 12.0 Å². The Balaban J connectivity index is 1.41. The Labute approximate surface area is 184 Å². The minimum atomic E-state index is -0.456. The summed E-state index contributed by atoms with van der Waals surface area (Å²) in [6, 6.07) is 15.0. The first-order valence-electron chi connectivity index (χ1n) is 9.86. The highest BCUT2D eigenvalue weighted by atomic mass is 32.2. The zero-order valence-electron chi connectivity index (χ0n) is 17.0. The van der Waals surface area contributed by atoms with Crippen molar-refractivity contribution in [1.82, 2.24) is 9.97 Å². The van der Waals surface area contributed by atoms with Crippen molar-refractivity contribution in [2.45, 2.75) is 17.9 Å². The fraction of sp³-hybridized carbons (Fsp3) is 0.217. The van der Waals surface area contributed by atoms with Gasteiger partial charge in [0.25, 0.3) is 0 Å². The van der Waals surface area contributed by atoms with Crippen LogP contribution in [-0.2, 0) is 16.2 Å². The van der Waals surface area contributed by atoms with Gasteiger partial charge in [0.2, 0.25) is 11.8 Å². The van der Waals surface area contributed by atoms with Gasteiger partial charge in [0, 0.05) is 42.1 Å². The van der Waals surface area contributed by atoms with E-state index in [0.29, 0.717) is 24.7 Å². The third-order valence-electron chi connectivity index (χ3n) is 5.04.